The molecule has 1 aromatic carbocycles. The van der Waals surface area contributed by atoms with Crippen molar-refractivity contribution in [2.24, 2.45) is 5.41 Å². The molecule has 2 fully saturated rings. The third kappa shape index (κ3) is 6.32. The Labute approximate surface area is 190 Å². The molecule has 1 aliphatic carbocycles. The van der Waals surface area contributed by atoms with Crippen LogP contribution in [0, 0.1) is 5.41 Å². The lowest BCUT2D eigenvalue weighted by atomic mass is 9.98. The molecule has 1 saturated heterocycles. The quantitative estimate of drug-likeness (QED) is 0.410. The Balaban J connectivity index is 1.53. The van der Waals surface area contributed by atoms with Gasteiger partial charge in [-0.1, -0.05) is 45.1 Å². The molecule has 1 aromatic rings. The Morgan fingerprint density at radius 1 is 1.25 bits per heavy atom. The van der Waals surface area contributed by atoms with Crippen LogP contribution in [0.25, 0.3) is 0 Å². The van der Waals surface area contributed by atoms with E-state index in [1.54, 1.807) is 19.1 Å². The van der Waals surface area contributed by atoms with E-state index in [0.717, 1.165) is 24.2 Å². The van der Waals surface area contributed by atoms with Crippen molar-refractivity contribution >= 4 is 22.0 Å². The van der Waals surface area contributed by atoms with Crippen LogP contribution in [0.15, 0.2) is 36.4 Å². The van der Waals surface area contributed by atoms with Crippen LogP contribution in [0.2, 0.25) is 0 Å². The molecule has 0 bridgehead atoms. The van der Waals surface area contributed by atoms with E-state index >= 15 is 0 Å². The maximum absolute atomic E-state index is 12.7. The molecular weight excluding hydrogens is 430 g/mol. The van der Waals surface area contributed by atoms with Gasteiger partial charge in [0.1, 0.15) is 11.8 Å². The van der Waals surface area contributed by atoms with Gasteiger partial charge in [-0.05, 0) is 49.3 Å². The number of ether oxygens (including phenoxy) is 1. The van der Waals surface area contributed by atoms with Gasteiger partial charge in [0.2, 0.25) is 10.0 Å². The third-order valence-electron chi connectivity index (χ3n) is 5.52. The van der Waals surface area contributed by atoms with E-state index in [-0.39, 0.29) is 23.6 Å². The van der Waals surface area contributed by atoms with Crippen LogP contribution >= 0.6 is 0 Å². The number of hydrogen-bond acceptors (Lipinski definition) is 5. The Bertz CT molecular complexity index is 993. The SMILES string of the molecule is CC1C(=O)NC(=O)N1C/C=C/CCS(=O)(=O)NC1(c2cccc(OCC(C)(C)C)c2)CC1. The van der Waals surface area contributed by atoms with Gasteiger partial charge in [-0.2, -0.15) is 0 Å². The Kier molecular flexibility index (Phi) is 7.00. The van der Waals surface area contributed by atoms with Gasteiger partial charge in [-0.15, -0.1) is 0 Å². The minimum atomic E-state index is -3.49. The second-order valence-electron chi connectivity index (χ2n) is 9.76. The second-order valence-corrected chi connectivity index (χ2v) is 11.6. The number of urea groups is 1. The van der Waals surface area contributed by atoms with Crippen molar-refractivity contribution < 1.29 is 22.7 Å². The maximum atomic E-state index is 12.7. The molecule has 176 valence electrons. The van der Waals surface area contributed by atoms with Gasteiger partial charge >= 0.3 is 6.03 Å². The maximum Gasteiger partial charge on any atom is 0.325 e. The first-order valence-corrected chi connectivity index (χ1v) is 12.6. The molecule has 1 saturated carbocycles. The molecule has 1 heterocycles. The molecule has 1 aliphatic heterocycles. The number of carbonyl (C=O) groups is 2. The zero-order chi connectivity index (χ0) is 23.6. The van der Waals surface area contributed by atoms with Crippen LogP contribution in [-0.2, 0) is 20.4 Å². The van der Waals surface area contributed by atoms with Crippen molar-refractivity contribution in [3.05, 3.63) is 42.0 Å². The third-order valence-corrected chi connectivity index (χ3v) is 6.99. The normalized spacial score (nSPS) is 20.6. The summed E-state index contributed by atoms with van der Waals surface area (Å²) in [5.74, 6) is 0.369. The van der Waals surface area contributed by atoms with Crippen LogP contribution < -0.4 is 14.8 Å². The highest BCUT2D eigenvalue weighted by molar-refractivity contribution is 7.89. The number of imide groups is 1. The van der Waals surface area contributed by atoms with E-state index in [0.29, 0.717) is 13.0 Å². The van der Waals surface area contributed by atoms with Crippen LogP contribution in [0.1, 0.15) is 52.5 Å². The molecule has 3 rings (SSSR count). The molecule has 32 heavy (non-hydrogen) atoms. The Hall–Kier alpha value is -2.39. The lowest BCUT2D eigenvalue weighted by Crippen LogP contribution is -2.36. The summed E-state index contributed by atoms with van der Waals surface area (Å²) in [5.41, 5.74) is 0.392. The van der Waals surface area contributed by atoms with E-state index < -0.39 is 27.6 Å². The van der Waals surface area contributed by atoms with Crippen LogP contribution in [-0.4, -0.2) is 50.2 Å². The predicted octanol–water partition coefficient (Wildman–Crippen LogP) is 2.91. The monoisotopic (exact) mass is 463 g/mol. The highest BCUT2D eigenvalue weighted by Gasteiger charge is 2.47. The molecule has 8 nitrogen and oxygen atoms in total. The minimum absolute atomic E-state index is 0.0362. The summed E-state index contributed by atoms with van der Waals surface area (Å²) in [5, 5.41) is 2.25. The highest BCUT2D eigenvalue weighted by atomic mass is 32.2. The van der Waals surface area contributed by atoms with E-state index in [4.69, 9.17) is 4.74 Å². The summed E-state index contributed by atoms with van der Waals surface area (Å²) >= 11 is 0. The number of rotatable bonds is 10. The van der Waals surface area contributed by atoms with Gasteiger partial charge in [0, 0.05) is 6.54 Å². The number of benzene rings is 1. The fourth-order valence-corrected chi connectivity index (χ4v) is 4.94. The van der Waals surface area contributed by atoms with E-state index in [1.807, 2.05) is 24.3 Å². The largest absolute Gasteiger partial charge is 0.493 e. The van der Waals surface area contributed by atoms with Gasteiger partial charge in [-0.25, -0.2) is 17.9 Å². The second kappa shape index (κ2) is 9.23. The summed E-state index contributed by atoms with van der Waals surface area (Å²) in [7, 11) is -3.49. The lowest BCUT2D eigenvalue weighted by Gasteiger charge is -2.21. The summed E-state index contributed by atoms with van der Waals surface area (Å²) in [6.45, 7) is 8.79. The summed E-state index contributed by atoms with van der Waals surface area (Å²) in [4.78, 5) is 24.6. The summed E-state index contributed by atoms with van der Waals surface area (Å²) < 4.78 is 34.1. The van der Waals surface area contributed by atoms with Crippen molar-refractivity contribution in [2.75, 3.05) is 18.9 Å². The highest BCUT2D eigenvalue weighted by Crippen LogP contribution is 2.47. The van der Waals surface area contributed by atoms with Crippen molar-refractivity contribution in [1.29, 1.82) is 0 Å². The fraction of sp³-hybridized carbons (Fsp3) is 0.565. The summed E-state index contributed by atoms with van der Waals surface area (Å²) in [6, 6.07) is 6.69. The van der Waals surface area contributed by atoms with Crippen molar-refractivity contribution in [2.45, 2.75) is 58.5 Å². The number of nitrogens with zero attached hydrogens (tertiary/aromatic N) is 1. The zero-order valence-corrected chi connectivity index (χ0v) is 20.0. The zero-order valence-electron chi connectivity index (χ0n) is 19.2. The number of hydrogen-bond donors (Lipinski definition) is 2. The molecule has 0 radical (unpaired) electrons. The van der Waals surface area contributed by atoms with Gasteiger partial charge in [-0.3, -0.25) is 10.1 Å². The van der Waals surface area contributed by atoms with Gasteiger partial charge < -0.3 is 9.64 Å². The van der Waals surface area contributed by atoms with Crippen molar-refractivity contribution in [3.63, 3.8) is 0 Å². The molecule has 1 atom stereocenters. The Morgan fingerprint density at radius 2 is 1.97 bits per heavy atom. The standard InChI is InChI=1S/C23H33N3O5S/c1-17-20(27)24-21(28)26(17)13-6-5-7-14-32(29,30)25-23(11-12-23)18-9-8-10-19(15-18)31-16-22(2,3)4/h5-6,8-10,15,17,25H,7,11-14,16H2,1-4H3,(H,24,27,28)/b6-5+. The first-order valence-electron chi connectivity index (χ1n) is 10.9. The van der Waals surface area contributed by atoms with Crippen LogP contribution in [0.4, 0.5) is 4.79 Å². The number of nitrogens with one attached hydrogen (secondary N) is 2. The smallest absolute Gasteiger partial charge is 0.325 e. The molecule has 0 aromatic heterocycles. The number of amides is 3. The topological polar surface area (TPSA) is 105 Å². The molecule has 2 aliphatic rings. The van der Waals surface area contributed by atoms with Crippen molar-refractivity contribution in [3.8, 4) is 5.75 Å². The average Bonchev–Trinajstić information content (AvgIpc) is 3.43. The number of carbonyl (C=O) groups excluding carboxylic acids is 2. The first-order chi connectivity index (χ1) is 14.9. The van der Waals surface area contributed by atoms with Crippen molar-refractivity contribution in [1.82, 2.24) is 14.9 Å². The predicted molar refractivity (Wildman–Crippen MR) is 123 cm³/mol. The molecule has 9 heteroatoms. The van der Waals surface area contributed by atoms with Crippen LogP contribution in [0.3, 0.4) is 0 Å². The van der Waals surface area contributed by atoms with Gasteiger partial charge in [0.25, 0.3) is 5.91 Å². The molecule has 2 N–H and O–H groups in total. The van der Waals surface area contributed by atoms with E-state index in [2.05, 4.69) is 30.8 Å². The number of sulfonamides is 1. The Morgan fingerprint density at radius 3 is 2.56 bits per heavy atom. The van der Waals surface area contributed by atoms with Gasteiger partial charge in [0.15, 0.2) is 0 Å². The fourth-order valence-electron chi connectivity index (χ4n) is 3.48. The summed E-state index contributed by atoms with van der Waals surface area (Å²) in [6.07, 6.45) is 5.26. The molecule has 3 amide bonds. The molecular formula is C23H33N3O5S. The number of allylic oxidation sites excluding steroid dienone is 1. The van der Waals surface area contributed by atoms with Gasteiger partial charge in [0.05, 0.1) is 17.9 Å². The molecule has 0 spiro atoms. The lowest BCUT2D eigenvalue weighted by molar-refractivity contribution is -0.120. The minimum Gasteiger partial charge on any atom is -0.493 e. The van der Waals surface area contributed by atoms with Crippen LogP contribution in [0.5, 0.6) is 5.75 Å². The molecule has 1 unspecified atom stereocenters. The van der Waals surface area contributed by atoms with E-state index in [1.165, 1.54) is 4.90 Å². The first kappa shape index (κ1) is 24.3. The van der Waals surface area contributed by atoms with E-state index in [9.17, 15) is 18.0 Å². The average molecular weight is 464 g/mol.